The third kappa shape index (κ3) is 5.52. The fourth-order valence-corrected chi connectivity index (χ4v) is 3.77. The van der Waals surface area contributed by atoms with Gasteiger partial charge in [-0.2, -0.15) is 5.26 Å². The van der Waals surface area contributed by atoms with Gasteiger partial charge in [0.15, 0.2) is 0 Å². The maximum absolute atomic E-state index is 13.0. The topological polar surface area (TPSA) is 121 Å². The summed E-state index contributed by atoms with van der Waals surface area (Å²) in [6, 6.07) is 18.4. The molecule has 2 aromatic carbocycles. The van der Waals surface area contributed by atoms with Crippen molar-refractivity contribution in [3.8, 4) is 28.6 Å². The number of nitrogens with one attached hydrogen (secondary N) is 2. The van der Waals surface area contributed by atoms with E-state index >= 15 is 0 Å². The van der Waals surface area contributed by atoms with Crippen molar-refractivity contribution in [3.05, 3.63) is 95.6 Å². The summed E-state index contributed by atoms with van der Waals surface area (Å²) in [7, 11) is 1.55. The molecule has 2 amide bonds. The van der Waals surface area contributed by atoms with E-state index in [1.807, 2.05) is 45.0 Å². The second-order valence-electron chi connectivity index (χ2n) is 9.10. The number of hydrogen-bond acceptors (Lipinski definition) is 6. The van der Waals surface area contributed by atoms with E-state index in [4.69, 9.17) is 4.98 Å². The van der Waals surface area contributed by atoms with Gasteiger partial charge in [0.25, 0.3) is 11.8 Å². The number of amides is 2. The van der Waals surface area contributed by atoms with Crippen LogP contribution in [0.1, 0.15) is 45.8 Å². The van der Waals surface area contributed by atoms with E-state index in [0.29, 0.717) is 28.2 Å². The lowest BCUT2D eigenvalue weighted by atomic mass is 9.85. The minimum atomic E-state index is -0.701. The van der Waals surface area contributed by atoms with Crippen LogP contribution in [0.3, 0.4) is 0 Å². The quantitative estimate of drug-likeness (QED) is 0.395. The molecule has 184 valence electrons. The van der Waals surface area contributed by atoms with E-state index in [0.717, 1.165) is 16.7 Å². The number of carbonyl (C=O) groups excluding carboxylic acids is 2. The van der Waals surface area contributed by atoms with Gasteiger partial charge in [0, 0.05) is 35.6 Å². The number of aromatic nitrogens is 3. The average molecular weight is 491 g/mol. The Balaban J connectivity index is 1.63. The van der Waals surface area contributed by atoms with Gasteiger partial charge < -0.3 is 10.6 Å². The number of benzene rings is 2. The lowest BCUT2D eigenvalue weighted by Crippen LogP contribution is -2.19. The number of anilines is 1. The molecule has 2 N–H and O–H groups in total. The number of nitriles is 1. The van der Waals surface area contributed by atoms with Crippen molar-refractivity contribution < 1.29 is 9.59 Å². The van der Waals surface area contributed by atoms with Gasteiger partial charge in [-0.15, -0.1) is 0 Å². The summed E-state index contributed by atoms with van der Waals surface area (Å²) >= 11 is 0. The average Bonchev–Trinajstić information content (AvgIpc) is 2.93. The number of nitrogens with zero attached hydrogens (tertiary/aromatic N) is 4. The smallest absolute Gasteiger partial charge is 0.269 e. The number of pyridine rings is 1. The molecule has 0 saturated carbocycles. The summed E-state index contributed by atoms with van der Waals surface area (Å²) < 4.78 is 0. The molecule has 0 radical (unpaired) electrons. The molecule has 0 aliphatic carbocycles. The molecule has 0 fully saturated rings. The summed E-state index contributed by atoms with van der Waals surface area (Å²) in [4.78, 5) is 38.2. The minimum absolute atomic E-state index is 0.274. The normalized spacial score (nSPS) is 10.9. The van der Waals surface area contributed by atoms with Gasteiger partial charge in [-0.25, -0.2) is 4.98 Å². The molecule has 8 nitrogen and oxygen atoms in total. The van der Waals surface area contributed by atoms with Crippen LogP contribution < -0.4 is 10.6 Å². The zero-order chi connectivity index (χ0) is 26.6. The van der Waals surface area contributed by atoms with Crippen molar-refractivity contribution in [1.82, 2.24) is 20.3 Å². The van der Waals surface area contributed by atoms with Gasteiger partial charge in [0.2, 0.25) is 0 Å². The van der Waals surface area contributed by atoms with Crippen molar-refractivity contribution in [2.45, 2.75) is 26.2 Å². The molecule has 0 spiro atoms. The minimum Gasteiger partial charge on any atom is -0.354 e. The first-order chi connectivity index (χ1) is 17.7. The molecule has 0 unspecified atom stereocenters. The van der Waals surface area contributed by atoms with Gasteiger partial charge in [-0.3, -0.25) is 19.6 Å². The zero-order valence-electron chi connectivity index (χ0n) is 21.0. The molecule has 37 heavy (non-hydrogen) atoms. The van der Waals surface area contributed by atoms with E-state index in [2.05, 4.69) is 26.7 Å². The van der Waals surface area contributed by atoms with Gasteiger partial charge >= 0.3 is 0 Å². The van der Waals surface area contributed by atoms with E-state index in [-0.39, 0.29) is 17.5 Å². The maximum Gasteiger partial charge on any atom is 0.269 e. The third-order valence-electron chi connectivity index (χ3n) is 6.05. The molecule has 4 rings (SSSR count). The summed E-state index contributed by atoms with van der Waals surface area (Å²) in [5, 5.41) is 14.9. The molecule has 0 saturated heterocycles. The van der Waals surface area contributed by atoms with Crippen molar-refractivity contribution in [3.63, 3.8) is 0 Å². The highest BCUT2D eigenvalue weighted by Crippen LogP contribution is 2.28. The summed E-state index contributed by atoms with van der Waals surface area (Å²) in [6.45, 7) is 5.59. The fourth-order valence-electron chi connectivity index (χ4n) is 3.77. The van der Waals surface area contributed by atoms with Gasteiger partial charge in [-0.05, 0) is 68.3 Å². The first-order valence-electron chi connectivity index (χ1n) is 11.7. The van der Waals surface area contributed by atoms with Crippen molar-refractivity contribution in [1.29, 1.82) is 5.26 Å². The fraction of sp³-hybridized carbons (Fsp3) is 0.172. The first kappa shape index (κ1) is 25.2. The monoisotopic (exact) mass is 490 g/mol. The van der Waals surface area contributed by atoms with Crippen LogP contribution in [0.5, 0.6) is 0 Å². The summed E-state index contributed by atoms with van der Waals surface area (Å²) in [6.07, 6.45) is 4.84. The standard InChI is InChI=1S/C29H26N6O2/c1-18-8-9-22(34-27(36)20-6-5-7-21(12-20)29(2,3)17-30)14-23(18)26-16-32-15-25(35-26)19-10-11-33-24(13-19)28(37)31-4/h5-16H,1-4H3,(H,31,37)(H,34,36). The Morgan fingerprint density at radius 2 is 1.76 bits per heavy atom. The summed E-state index contributed by atoms with van der Waals surface area (Å²) in [5.41, 5.74) is 5.14. The molecule has 0 aliphatic rings. The van der Waals surface area contributed by atoms with E-state index in [1.165, 1.54) is 0 Å². The van der Waals surface area contributed by atoms with E-state index < -0.39 is 5.41 Å². The lowest BCUT2D eigenvalue weighted by Gasteiger charge is -2.16. The molecular weight excluding hydrogens is 464 g/mol. The predicted octanol–water partition coefficient (Wildman–Crippen LogP) is 4.93. The van der Waals surface area contributed by atoms with Crippen LogP contribution in [0.4, 0.5) is 5.69 Å². The molecular formula is C29H26N6O2. The van der Waals surface area contributed by atoms with Gasteiger partial charge in [0.05, 0.1) is 35.3 Å². The second-order valence-corrected chi connectivity index (χ2v) is 9.10. The predicted molar refractivity (Wildman–Crippen MR) is 142 cm³/mol. The van der Waals surface area contributed by atoms with E-state index in [1.54, 1.807) is 56.0 Å². The SMILES string of the molecule is CNC(=O)c1cc(-c2cncc(-c3cc(NC(=O)c4cccc(C(C)(C)C#N)c4)ccc3C)n2)ccn1. The van der Waals surface area contributed by atoms with E-state index in [9.17, 15) is 14.9 Å². The van der Waals surface area contributed by atoms with Gasteiger partial charge in [0.1, 0.15) is 5.69 Å². The number of rotatable bonds is 6. The number of aryl methyl sites for hydroxylation is 1. The number of carbonyl (C=O) groups is 2. The Morgan fingerprint density at radius 1 is 0.973 bits per heavy atom. The molecule has 8 heteroatoms. The Kier molecular flexibility index (Phi) is 7.07. The van der Waals surface area contributed by atoms with Crippen molar-refractivity contribution >= 4 is 17.5 Å². The Morgan fingerprint density at radius 3 is 2.51 bits per heavy atom. The molecule has 2 aromatic heterocycles. The van der Waals surface area contributed by atoms with Crippen LogP contribution in [-0.4, -0.2) is 33.8 Å². The molecule has 4 aromatic rings. The largest absolute Gasteiger partial charge is 0.354 e. The molecule has 2 heterocycles. The molecule has 0 aliphatic heterocycles. The Labute approximate surface area is 215 Å². The highest BCUT2D eigenvalue weighted by molar-refractivity contribution is 6.04. The highest BCUT2D eigenvalue weighted by Gasteiger charge is 2.21. The van der Waals surface area contributed by atoms with Crippen molar-refractivity contribution in [2.24, 2.45) is 0 Å². The zero-order valence-corrected chi connectivity index (χ0v) is 21.0. The van der Waals surface area contributed by atoms with Crippen LogP contribution in [0.25, 0.3) is 22.5 Å². The first-order valence-corrected chi connectivity index (χ1v) is 11.7. The lowest BCUT2D eigenvalue weighted by molar-refractivity contribution is 0.0957. The van der Waals surface area contributed by atoms with Crippen LogP contribution in [0, 0.1) is 18.3 Å². The van der Waals surface area contributed by atoms with Crippen LogP contribution in [0.2, 0.25) is 0 Å². The Bertz CT molecular complexity index is 1540. The van der Waals surface area contributed by atoms with Crippen molar-refractivity contribution in [2.75, 3.05) is 12.4 Å². The van der Waals surface area contributed by atoms with Gasteiger partial charge in [-0.1, -0.05) is 18.2 Å². The van der Waals surface area contributed by atoms with Crippen LogP contribution in [0.15, 0.2) is 73.2 Å². The molecule has 0 atom stereocenters. The highest BCUT2D eigenvalue weighted by atomic mass is 16.2. The summed E-state index contributed by atoms with van der Waals surface area (Å²) in [5.74, 6) is -0.560. The number of hydrogen-bond donors (Lipinski definition) is 2. The Hall–Kier alpha value is -4.90. The van der Waals surface area contributed by atoms with Crippen LogP contribution >= 0.6 is 0 Å². The third-order valence-corrected chi connectivity index (χ3v) is 6.05. The molecule has 0 bridgehead atoms. The van der Waals surface area contributed by atoms with Crippen LogP contribution in [-0.2, 0) is 5.41 Å². The second kappa shape index (κ2) is 10.4. The maximum atomic E-state index is 13.0.